The number of alkyl halides is 3. The molecule has 0 saturated heterocycles. The number of nitrogens with zero attached hydrogens (tertiary/aromatic N) is 4. The van der Waals surface area contributed by atoms with E-state index in [2.05, 4.69) is 15.4 Å². The molecule has 3 heterocycles. The number of thiophene rings is 1. The summed E-state index contributed by atoms with van der Waals surface area (Å²) in [6.07, 6.45) is -4.78. The molecule has 0 atom stereocenters. The second-order valence-electron chi connectivity index (χ2n) is 8.23. The summed E-state index contributed by atoms with van der Waals surface area (Å²) in [5, 5.41) is 19.5. The smallest absolute Gasteiger partial charge is 0.433 e. The van der Waals surface area contributed by atoms with Gasteiger partial charge in [-0.05, 0) is 48.7 Å². The second kappa shape index (κ2) is 10.6. The summed E-state index contributed by atoms with van der Waals surface area (Å²) in [4.78, 5) is 28.6. The molecule has 204 valence electrons. The number of hydrogen-bond acceptors (Lipinski definition) is 8. The number of nitrogens with one attached hydrogen (secondary N) is 1. The lowest BCUT2D eigenvalue weighted by Gasteiger charge is -2.10. The molecule has 0 bridgehead atoms. The number of nitro benzene ring substituents is 1. The van der Waals surface area contributed by atoms with Crippen molar-refractivity contribution in [2.24, 2.45) is 0 Å². The van der Waals surface area contributed by atoms with Crippen molar-refractivity contribution in [2.45, 2.75) is 13.1 Å². The van der Waals surface area contributed by atoms with Gasteiger partial charge in [-0.25, -0.2) is 9.50 Å². The van der Waals surface area contributed by atoms with Crippen molar-refractivity contribution in [3.8, 4) is 27.8 Å². The third-order valence-electron chi connectivity index (χ3n) is 5.45. The molecule has 0 fully saturated rings. The Morgan fingerprint density at radius 1 is 1.07 bits per heavy atom. The Bertz CT molecular complexity index is 1700. The number of carbonyl (C=O) groups excluding carboxylic acids is 1. The maximum atomic E-state index is 13.8. The molecular weight excluding hydrogens is 551 g/mol. The minimum absolute atomic E-state index is 0.0273. The summed E-state index contributed by atoms with van der Waals surface area (Å²) >= 11 is 1.22. The Morgan fingerprint density at radius 3 is 2.48 bits per heavy atom. The van der Waals surface area contributed by atoms with Crippen LogP contribution in [0.4, 0.5) is 24.5 Å². The number of ether oxygens (including phenoxy) is 2. The van der Waals surface area contributed by atoms with Gasteiger partial charge in [0.15, 0.2) is 17.0 Å². The van der Waals surface area contributed by atoms with Gasteiger partial charge in [-0.2, -0.15) is 18.3 Å². The fourth-order valence-electron chi connectivity index (χ4n) is 3.76. The first kappa shape index (κ1) is 26.6. The van der Waals surface area contributed by atoms with Crippen molar-refractivity contribution < 1.29 is 32.4 Å². The lowest BCUT2D eigenvalue weighted by atomic mass is 10.2. The SMILES string of the molecule is CCOc1ccc(Oc2cc(NC(=O)c3cc4nc(-c5cccs5)cc(C(F)(F)F)n4n3)cc([N+](=O)[O-])c2)cc1. The van der Waals surface area contributed by atoms with E-state index in [9.17, 15) is 28.1 Å². The number of anilines is 1. The van der Waals surface area contributed by atoms with Crippen molar-refractivity contribution in [1.82, 2.24) is 14.6 Å². The van der Waals surface area contributed by atoms with Gasteiger partial charge >= 0.3 is 6.18 Å². The van der Waals surface area contributed by atoms with Crippen LogP contribution in [0, 0.1) is 10.1 Å². The quantitative estimate of drug-likeness (QED) is 0.161. The first-order valence-corrected chi connectivity index (χ1v) is 12.5. The van der Waals surface area contributed by atoms with Crippen molar-refractivity contribution >= 4 is 34.3 Å². The average molecular weight is 570 g/mol. The molecule has 5 aromatic rings. The van der Waals surface area contributed by atoms with Crippen LogP contribution in [0.15, 0.2) is 72.1 Å². The minimum atomic E-state index is -4.78. The number of carbonyl (C=O) groups is 1. The molecule has 0 unspecified atom stereocenters. The third kappa shape index (κ3) is 5.71. The molecule has 3 aromatic heterocycles. The summed E-state index contributed by atoms with van der Waals surface area (Å²) < 4.78 is 53.1. The Kier molecular flexibility index (Phi) is 7.09. The van der Waals surface area contributed by atoms with E-state index in [1.165, 1.54) is 23.5 Å². The zero-order valence-corrected chi connectivity index (χ0v) is 21.3. The summed E-state index contributed by atoms with van der Waals surface area (Å²) in [6.45, 7) is 2.31. The molecule has 1 amide bonds. The van der Waals surface area contributed by atoms with E-state index in [-0.39, 0.29) is 34.2 Å². The van der Waals surface area contributed by atoms with Gasteiger partial charge in [-0.3, -0.25) is 14.9 Å². The molecule has 14 heteroatoms. The summed E-state index contributed by atoms with van der Waals surface area (Å²) in [6, 6.07) is 15.4. The normalized spacial score (nSPS) is 11.4. The molecule has 0 spiro atoms. The molecule has 0 aliphatic heterocycles. The van der Waals surface area contributed by atoms with E-state index in [0.29, 0.717) is 27.5 Å². The van der Waals surface area contributed by atoms with Crippen molar-refractivity contribution in [3.63, 3.8) is 0 Å². The van der Waals surface area contributed by atoms with E-state index in [4.69, 9.17) is 9.47 Å². The van der Waals surface area contributed by atoms with Gasteiger partial charge in [0, 0.05) is 18.2 Å². The van der Waals surface area contributed by atoms with E-state index in [1.54, 1.807) is 41.8 Å². The van der Waals surface area contributed by atoms with E-state index in [0.717, 1.165) is 18.2 Å². The first-order valence-electron chi connectivity index (χ1n) is 11.6. The van der Waals surface area contributed by atoms with Gasteiger partial charge in [0.1, 0.15) is 17.2 Å². The molecule has 0 aliphatic rings. The summed E-state index contributed by atoms with van der Waals surface area (Å²) in [5.41, 5.74) is -2.00. The Balaban J connectivity index is 1.45. The highest BCUT2D eigenvalue weighted by atomic mass is 32.1. The van der Waals surface area contributed by atoms with E-state index in [1.807, 2.05) is 6.92 Å². The molecule has 5 rings (SSSR count). The van der Waals surface area contributed by atoms with Gasteiger partial charge in [-0.1, -0.05) is 6.07 Å². The number of aromatic nitrogens is 3. The zero-order chi connectivity index (χ0) is 28.4. The fraction of sp³-hybridized carbons (Fsp3) is 0.115. The highest BCUT2D eigenvalue weighted by Crippen LogP contribution is 2.34. The van der Waals surface area contributed by atoms with Crippen LogP contribution < -0.4 is 14.8 Å². The molecule has 2 aromatic carbocycles. The third-order valence-corrected chi connectivity index (χ3v) is 6.35. The maximum absolute atomic E-state index is 13.8. The van der Waals surface area contributed by atoms with Gasteiger partial charge in [0.05, 0.1) is 33.9 Å². The largest absolute Gasteiger partial charge is 0.494 e. The van der Waals surface area contributed by atoms with Crippen LogP contribution in [0.5, 0.6) is 17.2 Å². The Morgan fingerprint density at radius 2 is 1.82 bits per heavy atom. The van der Waals surface area contributed by atoms with Crippen LogP contribution >= 0.6 is 11.3 Å². The number of halogens is 3. The number of rotatable bonds is 8. The fourth-order valence-corrected chi connectivity index (χ4v) is 4.45. The highest BCUT2D eigenvalue weighted by Gasteiger charge is 2.36. The standard InChI is InChI=1S/C26H18F3N5O5S/c1-2-38-17-5-7-18(8-6-17)39-19-11-15(10-16(12-19)34(36)37)30-25(35)21-14-24-31-20(22-4-3-9-40-22)13-23(26(27,28)29)33(24)32-21/h3-14H,2H2,1H3,(H,30,35). The van der Waals surface area contributed by atoms with Gasteiger partial charge in [-0.15, -0.1) is 11.3 Å². The van der Waals surface area contributed by atoms with Crippen LogP contribution in [0.25, 0.3) is 16.2 Å². The van der Waals surface area contributed by atoms with Crippen LogP contribution in [0.3, 0.4) is 0 Å². The number of hydrogen-bond donors (Lipinski definition) is 1. The van der Waals surface area contributed by atoms with E-state index >= 15 is 0 Å². The van der Waals surface area contributed by atoms with Gasteiger partial charge < -0.3 is 14.8 Å². The van der Waals surface area contributed by atoms with Crippen LogP contribution in [0.1, 0.15) is 23.1 Å². The van der Waals surface area contributed by atoms with Crippen LogP contribution in [-0.2, 0) is 6.18 Å². The lowest BCUT2D eigenvalue weighted by Crippen LogP contribution is -2.15. The lowest BCUT2D eigenvalue weighted by molar-refractivity contribution is -0.384. The molecular formula is C26H18F3N5O5S. The first-order chi connectivity index (χ1) is 19.1. The summed E-state index contributed by atoms with van der Waals surface area (Å²) in [7, 11) is 0. The minimum Gasteiger partial charge on any atom is -0.494 e. The van der Waals surface area contributed by atoms with Crippen molar-refractivity contribution in [3.05, 3.63) is 93.6 Å². The second-order valence-corrected chi connectivity index (χ2v) is 9.18. The van der Waals surface area contributed by atoms with Gasteiger partial charge in [0.2, 0.25) is 0 Å². The molecule has 0 saturated carbocycles. The molecule has 0 radical (unpaired) electrons. The number of nitro groups is 1. The monoisotopic (exact) mass is 569 g/mol. The Hall–Kier alpha value is -4.98. The van der Waals surface area contributed by atoms with Crippen molar-refractivity contribution in [2.75, 3.05) is 11.9 Å². The number of amides is 1. The molecule has 40 heavy (non-hydrogen) atoms. The maximum Gasteiger partial charge on any atom is 0.433 e. The molecule has 0 aliphatic carbocycles. The predicted octanol–water partition coefficient (Wildman–Crippen LogP) is 6.83. The predicted molar refractivity (Wildman–Crippen MR) is 140 cm³/mol. The average Bonchev–Trinajstić information content (AvgIpc) is 3.59. The topological polar surface area (TPSA) is 121 Å². The van der Waals surface area contributed by atoms with Gasteiger partial charge in [0.25, 0.3) is 11.6 Å². The number of fused-ring (bicyclic) bond motifs is 1. The zero-order valence-electron chi connectivity index (χ0n) is 20.5. The van der Waals surface area contributed by atoms with Crippen molar-refractivity contribution in [1.29, 1.82) is 0 Å². The number of non-ortho nitro benzene ring substituents is 1. The summed E-state index contributed by atoms with van der Waals surface area (Å²) in [5.74, 6) is 0.114. The van der Waals surface area contributed by atoms with E-state index < -0.39 is 22.7 Å². The number of benzene rings is 2. The molecule has 10 nitrogen and oxygen atoms in total. The van der Waals surface area contributed by atoms with Crippen LogP contribution in [0.2, 0.25) is 0 Å². The molecule has 1 N–H and O–H groups in total. The van der Waals surface area contributed by atoms with Crippen LogP contribution in [-0.4, -0.2) is 32.0 Å². The highest BCUT2D eigenvalue weighted by molar-refractivity contribution is 7.13. The Labute approximate surface area is 227 Å².